The van der Waals surface area contributed by atoms with E-state index in [4.69, 9.17) is 5.11 Å². The van der Waals surface area contributed by atoms with Crippen LogP contribution in [0.2, 0.25) is 0 Å². The van der Waals surface area contributed by atoms with E-state index in [-0.39, 0.29) is 23.7 Å². The average Bonchev–Trinajstić information content (AvgIpc) is 3.24. The monoisotopic (exact) mass is 468 g/mol. The standard InChI is InChI=1S/C22H24N6O6/c1-12-17(25-13(2)19(12)21(31)23-9-5-3-4-6-18(29)30)11-24-27-20-15-10-14(28(33)34)7-8-16(15)26-22(20)32/h7-8,10-11,25H,3-6,9H2,1-2H3,(H,23,31)(H,29,30)(H,26,27,32). The van der Waals surface area contributed by atoms with Crippen molar-refractivity contribution in [1.82, 2.24) is 10.3 Å². The number of H-pyrrole nitrogens is 1. The smallest absolute Gasteiger partial charge is 0.303 e. The summed E-state index contributed by atoms with van der Waals surface area (Å²) >= 11 is 0. The Morgan fingerprint density at radius 1 is 1.24 bits per heavy atom. The maximum absolute atomic E-state index is 12.6. The largest absolute Gasteiger partial charge is 0.481 e. The lowest BCUT2D eigenvalue weighted by molar-refractivity contribution is -0.384. The van der Waals surface area contributed by atoms with Crippen molar-refractivity contribution in [3.63, 3.8) is 0 Å². The van der Waals surface area contributed by atoms with Gasteiger partial charge in [-0.2, -0.15) is 5.10 Å². The molecule has 2 aromatic rings. The number of fused-ring (bicyclic) bond motifs is 1. The number of aliphatic carboxylic acids is 1. The summed E-state index contributed by atoms with van der Waals surface area (Å²) < 4.78 is 0. The number of carboxylic acid groups (broad SMARTS) is 1. The number of benzene rings is 1. The van der Waals surface area contributed by atoms with Crippen LogP contribution in [0.4, 0.5) is 11.4 Å². The van der Waals surface area contributed by atoms with Gasteiger partial charge in [0.2, 0.25) is 0 Å². The number of anilines is 1. The van der Waals surface area contributed by atoms with Crippen molar-refractivity contribution in [2.24, 2.45) is 10.2 Å². The molecule has 0 bridgehead atoms. The maximum Gasteiger partial charge on any atom is 0.303 e. The third kappa shape index (κ3) is 5.52. The minimum absolute atomic E-state index is 0.0447. The van der Waals surface area contributed by atoms with Gasteiger partial charge >= 0.3 is 5.97 Å². The zero-order valence-electron chi connectivity index (χ0n) is 18.7. The topological polar surface area (TPSA) is 179 Å². The van der Waals surface area contributed by atoms with E-state index in [1.807, 2.05) is 0 Å². The van der Waals surface area contributed by atoms with Crippen LogP contribution in [0.5, 0.6) is 0 Å². The normalized spacial score (nSPS) is 13.8. The number of amides is 2. The number of aromatic nitrogens is 1. The molecule has 1 aliphatic heterocycles. The van der Waals surface area contributed by atoms with E-state index in [2.05, 4.69) is 25.8 Å². The molecule has 4 N–H and O–H groups in total. The van der Waals surface area contributed by atoms with Crippen LogP contribution in [0.25, 0.3) is 0 Å². The van der Waals surface area contributed by atoms with Gasteiger partial charge in [-0.1, -0.05) is 6.42 Å². The summed E-state index contributed by atoms with van der Waals surface area (Å²) in [4.78, 5) is 48.8. The van der Waals surface area contributed by atoms with Crippen LogP contribution in [-0.4, -0.2) is 51.3 Å². The van der Waals surface area contributed by atoms with Gasteiger partial charge in [0.05, 0.1) is 28.1 Å². The summed E-state index contributed by atoms with van der Waals surface area (Å²) in [6, 6.07) is 3.99. The molecule has 0 unspecified atom stereocenters. The molecule has 0 saturated carbocycles. The van der Waals surface area contributed by atoms with Crippen LogP contribution in [0.3, 0.4) is 0 Å². The second kappa shape index (κ2) is 10.5. The molecule has 0 saturated heterocycles. The Morgan fingerprint density at radius 3 is 2.71 bits per heavy atom. The number of non-ortho nitro benzene ring substituents is 1. The molecular formula is C22H24N6O6. The molecule has 0 aliphatic carbocycles. The highest BCUT2D eigenvalue weighted by atomic mass is 16.6. The molecule has 1 aromatic heterocycles. The van der Waals surface area contributed by atoms with Gasteiger partial charge in [0.1, 0.15) is 0 Å². The van der Waals surface area contributed by atoms with Crippen molar-refractivity contribution < 1.29 is 24.4 Å². The summed E-state index contributed by atoms with van der Waals surface area (Å²) in [5, 5.41) is 33.0. The van der Waals surface area contributed by atoms with Crippen LogP contribution in [0.15, 0.2) is 28.4 Å². The molecular weight excluding hydrogens is 444 g/mol. The van der Waals surface area contributed by atoms with E-state index in [1.54, 1.807) is 13.8 Å². The molecule has 1 aromatic carbocycles. The van der Waals surface area contributed by atoms with Crippen molar-refractivity contribution in [2.45, 2.75) is 39.5 Å². The van der Waals surface area contributed by atoms with Crippen LogP contribution >= 0.6 is 0 Å². The second-order valence-corrected chi connectivity index (χ2v) is 7.76. The highest BCUT2D eigenvalue weighted by Gasteiger charge is 2.28. The van der Waals surface area contributed by atoms with E-state index < -0.39 is 16.8 Å². The summed E-state index contributed by atoms with van der Waals surface area (Å²) in [5.74, 6) is -1.61. The zero-order valence-corrected chi connectivity index (χ0v) is 18.7. The van der Waals surface area contributed by atoms with Crippen LogP contribution in [-0.2, 0) is 9.59 Å². The van der Waals surface area contributed by atoms with Gasteiger partial charge in [-0.15, -0.1) is 5.10 Å². The fourth-order valence-corrected chi connectivity index (χ4v) is 3.61. The van der Waals surface area contributed by atoms with Crippen molar-refractivity contribution in [3.05, 3.63) is 56.4 Å². The first-order chi connectivity index (χ1) is 16.2. The number of carbonyl (C=O) groups is 3. The number of hydrogen-bond acceptors (Lipinski definition) is 7. The van der Waals surface area contributed by atoms with E-state index >= 15 is 0 Å². The molecule has 12 nitrogen and oxygen atoms in total. The SMILES string of the molecule is Cc1[nH]c(C=NN=C2C(=O)Nc3ccc([N+](=O)[O-])cc32)c(C)c1C(=O)NCCCCCC(=O)O. The molecule has 178 valence electrons. The lowest BCUT2D eigenvalue weighted by Crippen LogP contribution is -2.25. The first-order valence-corrected chi connectivity index (χ1v) is 10.6. The highest BCUT2D eigenvalue weighted by Crippen LogP contribution is 2.27. The van der Waals surface area contributed by atoms with Crippen molar-refractivity contribution in [2.75, 3.05) is 11.9 Å². The van der Waals surface area contributed by atoms with Crippen molar-refractivity contribution >= 4 is 41.1 Å². The number of unbranched alkanes of at least 4 members (excludes halogenated alkanes) is 2. The third-order valence-electron chi connectivity index (χ3n) is 5.33. The minimum Gasteiger partial charge on any atom is -0.481 e. The Kier molecular flexibility index (Phi) is 7.51. The Morgan fingerprint density at radius 2 is 2.00 bits per heavy atom. The molecule has 0 radical (unpaired) electrons. The molecule has 2 heterocycles. The average molecular weight is 468 g/mol. The third-order valence-corrected chi connectivity index (χ3v) is 5.33. The Balaban J connectivity index is 1.68. The number of nitro benzene ring substituents is 1. The lowest BCUT2D eigenvalue weighted by atomic mass is 10.1. The predicted octanol–water partition coefficient (Wildman–Crippen LogP) is 2.69. The van der Waals surface area contributed by atoms with Gasteiger partial charge in [-0.05, 0) is 38.3 Å². The minimum atomic E-state index is -0.832. The number of nitrogens with zero attached hydrogens (tertiary/aromatic N) is 3. The summed E-state index contributed by atoms with van der Waals surface area (Å²) in [7, 11) is 0. The number of carboxylic acids is 1. The van der Waals surface area contributed by atoms with Gasteiger partial charge in [0.25, 0.3) is 17.5 Å². The van der Waals surface area contributed by atoms with Crippen LogP contribution < -0.4 is 10.6 Å². The first kappa shape index (κ1) is 24.3. The lowest BCUT2D eigenvalue weighted by Gasteiger charge is -2.05. The molecule has 0 spiro atoms. The summed E-state index contributed by atoms with van der Waals surface area (Å²) in [6.07, 6.45) is 3.43. The van der Waals surface area contributed by atoms with Gasteiger partial charge in [0, 0.05) is 36.4 Å². The highest BCUT2D eigenvalue weighted by molar-refractivity contribution is 6.53. The molecule has 1 aliphatic rings. The molecule has 3 rings (SSSR count). The number of nitro groups is 1. The zero-order chi connectivity index (χ0) is 24.8. The maximum atomic E-state index is 12.6. The van der Waals surface area contributed by atoms with Crippen molar-refractivity contribution in [3.8, 4) is 0 Å². The Hall–Kier alpha value is -4.35. The molecule has 2 amide bonds. The summed E-state index contributed by atoms with van der Waals surface area (Å²) in [6.45, 7) is 3.93. The number of hydrogen-bond donors (Lipinski definition) is 4. The van der Waals surface area contributed by atoms with E-state index in [0.717, 1.165) is 0 Å². The number of aromatic amines is 1. The van der Waals surface area contributed by atoms with Crippen LogP contribution in [0, 0.1) is 24.0 Å². The molecule has 34 heavy (non-hydrogen) atoms. The summed E-state index contributed by atoms with van der Waals surface area (Å²) in [5.41, 5.74) is 2.78. The van der Waals surface area contributed by atoms with E-state index in [0.29, 0.717) is 59.6 Å². The van der Waals surface area contributed by atoms with Gasteiger partial charge in [-0.25, -0.2) is 0 Å². The van der Waals surface area contributed by atoms with Gasteiger partial charge in [-0.3, -0.25) is 24.5 Å². The molecule has 0 atom stereocenters. The number of carbonyl (C=O) groups excluding carboxylic acids is 2. The molecule has 12 heteroatoms. The second-order valence-electron chi connectivity index (χ2n) is 7.76. The van der Waals surface area contributed by atoms with Crippen molar-refractivity contribution in [1.29, 1.82) is 0 Å². The quantitative estimate of drug-likeness (QED) is 0.180. The van der Waals surface area contributed by atoms with Gasteiger partial charge < -0.3 is 20.7 Å². The van der Waals surface area contributed by atoms with E-state index in [1.165, 1.54) is 24.4 Å². The predicted molar refractivity (Wildman–Crippen MR) is 125 cm³/mol. The first-order valence-electron chi connectivity index (χ1n) is 10.6. The number of aryl methyl sites for hydroxylation is 1. The Labute approximate surface area is 194 Å². The van der Waals surface area contributed by atoms with E-state index in [9.17, 15) is 24.5 Å². The number of nitrogens with one attached hydrogen (secondary N) is 3. The number of rotatable bonds is 10. The Bertz CT molecular complexity index is 1210. The fraction of sp³-hybridized carbons (Fsp3) is 0.318. The molecule has 0 fully saturated rings. The fourth-order valence-electron chi connectivity index (χ4n) is 3.61. The van der Waals surface area contributed by atoms with Gasteiger partial charge in [0.15, 0.2) is 5.71 Å². The van der Waals surface area contributed by atoms with Crippen LogP contribution in [0.1, 0.15) is 58.6 Å².